The van der Waals surface area contributed by atoms with Gasteiger partial charge in [-0.25, -0.2) is 0 Å². The summed E-state index contributed by atoms with van der Waals surface area (Å²) < 4.78 is 6.21. The molecule has 1 saturated heterocycles. The number of allylic oxidation sites excluding steroid dienone is 4. The monoisotopic (exact) mass is 470 g/mol. The lowest BCUT2D eigenvalue weighted by molar-refractivity contribution is -0.158. The average Bonchev–Trinajstić information content (AvgIpc) is 3.09. The van der Waals surface area contributed by atoms with Gasteiger partial charge < -0.3 is 14.9 Å². The van der Waals surface area contributed by atoms with Gasteiger partial charge >= 0.3 is 5.97 Å². The van der Waals surface area contributed by atoms with Crippen LogP contribution in [0, 0.1) is 33.5 Å². The first kappa shape index (κ1) is 24.6. The molecule has 0 aromatic heterocycles. The van der Waals surface area contributed by atoms with Crippen LogP contribution in [-0.2, 0) is 9.53 Å². The summed E-state index contributed by atoms with van der Waals surface area (Å²) in [7, 11) is 0. The molecule has 0 aromatic rings. The van der Waals surface area contributed by atoms with Crippen molar-refractivity contribution in [2.75, 3.05) is 0 Å². The van der Waals surface area contributed by atoms with Crippen LogP contribution in [0.2, 0.25) is 0 Å². The summed E-state index contributed by atoms with van der Waals surface area (Å²) in [6.07, 6.45) is 11.8. The molecule has 1 heterocycles. The fourth-order valence-corrected chi connectivity index (χ4v) is 9.44. The molecular formula is C30H46O4. The van der Waals surface area contributed by atoms with Crippen molar-refractivity contribution in [1.29, 1.82) is 0 Å². The van der Waals surface area contributed by atoms with Gasteiger partial charge in [-0.2, -0.15) is 0 Å². The molecule has 0 bridgehead atoms. The van der Waals surface area contributed by atoms with Crippen LogP contribution in [0.4, 0.5) is 0 Å². The number of esters is 1. The average molecular weight is 471 g/mol. The van der Waals surface area contributed by atoms with Crippen molar-refractivity contribution in [2.24, 2.45) is 33.5 Å². The normalized spacial score (nSPS) is 48.9. The standard InChI is InChI=1S/C30H46O4/c1-19(2)9-8-14-28(7)30(33)18-17-27(6)21-10-11-22-25(3,4)23(31)13-15-26(22,5)20(21)12-16-29(27,30)24(32)34-28/h10,12,19,22-23,31,33H,8-9,11,13-18H2,1-7H3/t22?,23?,26-,27+,28+,29?,30+/m1/s1. The molecule has 3 fully saturated rings. The van der Waals surface area contributed by atoms with Gasteiger partial charge in [0.2, 0.25) is 0 Å². The fourth-order valence-electron chi connectivity index (χ4n) is 9.44. The molecule has 3 unspecified atom stereocenters. The summed E-state index contributed by atoms with van der Waals surface area (Å²) in [4.78, 5) is 13.8. The quantitative estimate of drug-likeness (QED) is 0.487. The highest BCUT2D eigenvalue weighted by Crippen LogP contribution is 2.76. The molecule has 4 nitrogen and oxygen atoms in total. The molecule has 34 heavy (non-hydrogen) atoms. The SMILES string of the molecule is CC(C)CCC[C@]1(C)OC(=O)C23CC=C4C(=CCC5C(C)(C)C(O)CC[C@]45C)[C@]2(C)CC[C@@]31O. The van der Waals surface area contributed by atoms with Crippen molar-refractivity contribution in [3.63, 3.8) is 0 Å². The summed E-state index contributed by atoms with van der Waals surface area (Å²) in [5.74, 6) is 0.774. The third-order valence-corrected chi connectivity index (χ3v) is 11.7. The van der Waals surface area contributed by atoms with E-state index in [2.05, 4.69) is 53.7 Å². The van der Waals surface area contributed by atoms with Crippen LogP contribution in [0.25, 0.3) is 0 Å². The second kappa shape index (κ2) is 7.22. The number of rotatable bonds is 4. The number of fused-ring (bicyclic) bond motifs is 4. The van der Waals surface area contributed by atoms with Gasteiger partial charge in [-0.15, -0.1) is 0 Å². The minimum atomic E-state index is -1.15. The van der Waals surface area contributed by atoms with Gasteiger partial charge in [0.05, 0.1) is 6.10 Å². The summed E-state index contributed by atoms with van der Waals surface area (Å²) in [5, 5.41) is 23.2. The molecule has 2 N–H and O–H groups in total. The van der Waals surface area contributed by atoms with Crippen LogP contribution in [0.5, 0.6) is 0 Å². The van der Waals surface area contributed by atoms with Crippen LogP contribution in [-0.4, -0.2) is 33.5 Å². The second-order valence-electron chi connectivity index (χ2n) is 14.0. The molecule has 4 heteroatoms. The molecular weight excluding hydrogens is 424 g/mol. The van der Waals surface area contributed by atoms with E-state index >= 15 is 0 Å². The number of ether oxygens (including phenoxy) is 1. The Bertz CT molecular complexity index is 961. The molecule has 5 aliphatic rings. The maximum Gasteiger partial charge on any atom is 0.317 e. The van der Waals surface area contributed by atoms with Crippen LogP contribution < -0.4 is 0 Å². The van der Waals surface area contributed by atoms with Crippen molar-refractivity contribution >= 4 is 5.97 Å². The number of cyclic esters (lactones) is 1. The van der Waals surface area contributed by atoms with E-state index in [1.807, 2.05) is 6.92 Å². The molecule has 1 spiro atoms. The summed E-state index contributed by atoms with van der Waals surface area (Å²) in [6, 6.07) is 0. The molecule has 1 aliphatic heterocycles. The molecule has 5 rings (SSSR count). The Balaban J connectivity index is 1.57. The topological polar surface area (TPSA) is 66.8 Å². The van der Waals surface area contributed by atoms with Gasteiger partial charge in [0, 0.05) is 5.41 Å². The second-order valence-corrected chi connectivity index (χ2v) is 14.0. The zero-order chi connectivity index (χ0) is 24.9. The minimum Gasteiger partial charge on any atom is -0.456 e. The smallest absolute Gasteiger partial charge is 0.317 e. The highest BCUT2D eigenvalue weighted by atomic mass is 16.6. The molecule has 7 atom stereocenters. The first-order chi connectivity index (χ1) is 15.7. The van der Waals surface area contributed by atoms with Crippen LogP contribution in [0.15, 0.2) is 23.3 Å². The minimum absolute atomic E-state index is 0.0127. The molecule has 0 amide bonds. The Labute approximate surface area is 206 Å². The zero-order valence-corrected chi connectivity index (χ0v) is 22.5. The van der Waals surface area contributed by atoms with Crippen LogP contribution in [0.1, 0.15) is 106 Å². The van der Waals surface area contributed by atoms with Gasteiger partial charge in [-0.3, -0.25) is 4.79 Å². The highest BCUT2D eigenvalue weighted by molar-refractivity contribution is 5.86. The maximum absolute atomic E-state index is 13.8. The maximum atomic E-state index is 13.8. The number of hydrogen-bond donors (Lipinski definition) is 2. The molecule has 2 saturated carbocycles. The Morgan fingerprint density at radius 2 is 1.76 bits per heavy atom. The third kappa shape index (κ3) is 2.65. The Morgan fingerprint density at radius 1 is 1.06 bits per heavy atom. The van der Waals surface area contributed by atoms with Gasteiger partial charge in [-0.05, 0) is 92.1 Å². The lowest BCUT2D eigenvalue weighted by atomic mass is 9.43. The van der Waals surface area contributed by atoms with E-state index in [4.69, 9.17) is 4.74 Å². The van der Waals surface area contributed by atoms with Gasteiger partial charge in [-0.1, -0.05) is 60.1 Å². The highest BCUT2D eigenvalue weighted by Gasteiger charge is 2.82. The number of carbonyl (C=O) groups excluding carboxylic acids is 1. The van der Waals surface area contributed by atoms with E-state index in [0.29, 0.717) is 31.1 Å². The Kier molecular flexibility index (Phi) is 5.21. The first-order valence-electron chi connectivity index (χ1n) is 13.8. The summed E-state index contributed by atoms with van der Waals surface area (Å²) >= 11 is 0. The van der Waals surface area contributed by atoms with Crippen molar-refractivity contribution in [3.8, 4) is 0 Å². The zero-order valence-electron chi connectivity index (χ0n) is 22.5. The Hall–Kier alpha value is -1.13. The predicted octanol–water partition coefficient (Wildman–Crippen LogP) is 6.11. The van der Waals surface area contributed by atoms with E-state index in [9.17, 15) is 15.0 Å². The van der Waals surface area contributed by atoms with Gasteiger partial charge in [0.1, 0.15) is 16.6 Å². The molecule has 0 radical (unpaired) electrons. The summed E-state index contributed by atoms with van der Waals surface area (Å²) in [5.41, 5.74) is -0.815. The molecule has 4 aliphatic carbocycles. The largest absolute Gasteiger partial charge is 0.456 e. The van der Waals surface area contributed by atoms with Crippen LogP contribution >= 0.6 is 0 Å². The number of aliphatic hydroxyl groups excluding tert-OH is 1. The lowest BCUT2D eigenvalue weighted by Crippen LogP contribution is -2.61. The van der Waals surface area contributed by atoms with Crippen molar-refractivity contribution in [2.45, 2.75) is 124 Å². The number of aliphatic hydroxyl groups is 2. The lowest BCUT2D eigenvalue weighted by Gasteiger charge is -2.60. The number of carbonyl (C=O) groups is 1. The van der Waals surface area contributed by atoms with E-state index in [-0.39, 0.29) is 22.9 Å². The van der Waals surface area contributed by atoms with E-state index in [1.165, 1.54) is 11.1 Å². The number of hydrogen-bond acceptors (Lipinski definition) is 4. The van der Waals surface area contributed by atoms with Crippen molar-refractivity contribution < 1.29 is 19.7 Å². The third-order valence-electron chi connectivity index (χ3n) is 11.7. The molecule has 0 aromatic carbocycles. The first-order valence-corrected chi connectivity index (χ1v) is 13.8. The van der Waals surface area contributed by atoms with E-state index in [1.54, 1.807) is 0 Å². The van der Waals surface area contributed by atoms with E-state index < -0.39 is 22.0 Å². The fraction of sp³-hybridized carbons (Fsp3) is 0.833. The Morgan fingerprint density at radius 3 is 2.44 bits per heavy atom. The summed E-state index contributed by atoms with van der Waals surface area (Å²) in [6.45, 7) is 15.5. The van der Waals surface area contributed by atoms with Gasteiger partial charge in [0.15, 0.2) is 0 Å². The molecule has 190 valence electrons. The predicted molar refractivity (Wildman–Crippen MR) is 134 cm³/mol. The van der Waals surface area contributed by atoms with E-state index in [0.717, 1.165) is 38.5 Å². The van der Waals surface area contributed by atoms with Crippen molar-refractivity contribution in [3.05, 3.63) is 23.3 Å². The van der Waals surface area contributed by atoms with Crippen LogP contribution in [0.3, 0.4) is 0 Å². The van der Waals surface area contributed by atoms with Crippen molar-refractivity contribution in [1.82, 2.24) is 0 Å². The van der Waals surface area contributed by atoms with Gasteiger partial charge in [0.25, 0.3) is 0 Å².